The van der Waals surface area contributed by atoms with E-state index in [9.17, 15) is 0 Å². The van der Waals surface area contributed by atoms with Crippen molar-refractivity contribution in [1.82, 2.24) is 4.98 Å². The quantitative estimate of drug-likeness (QED) is 0.717. The van der Waals surface area contributed by atoms with Crippen LogP contribution in [-0.4, -0.2) is 4.98 Å². The highest BCUT2D eigenvalue weighted by atomic mass is 14.7. The van der Waals surface area contributed by atoms with Gasteiger partial charge in [0.1, 0.15) is 0 Å². The minimum absolute atomic E-state index is 0.122. The van der Waals surface area contributed by atoms with Crippen molar-refractivity contribution in [2.75, 3.05) is 0 Å². The van der Waals surface area contributed by atoms with Crippen molar-refractivity contribution in [2.45, 2.75) is 39.5 Å². The molecule has 0 bridgehead atoms. The lowest BCUT2D eigenvalue weighted by Crippen LogP contribution is -1.96. The maximum absolute atomic E-state index is 8.11. The molecule has 0 unspecified atom stereocenters. The van der Waals surface area contributed by atoms with Crippen molar-refractivity contribution < 1.29 is 4.11 Å². The van der Waals surface area contributed by atoms with Gasteiger partial charge in [-0.1, -0.05) is 37.6 Å². The summed E-state index contributed by atoms with van der Waals surface area (Å²) in [5.41, 5.74) is 3.43. The molecule has 0 saturated carbocycles. The summed E-state index contributed by atoms with van der Waals surface area (Å²) in [5, 5.41) is 0. The van der Waals surface area contributed by atoms with Crippen LogP contribution in [-0.2, 0) is 0 Å². The highest BCUT2D eigenvalue weighted by molar-refractivity contribution is 5.66. The summed E-state index contributed by atoms with van der Waals surface area (Å²) in [6.45, 7) is 5.52. The molecule has 16 heavy (non-hydrogen) atoms. The lowest BCUT2D eigenvalue weighted by atomic mass is 9.96. The molecule has 0 aliphatic heterocycles. The molecule has 1 aliphatic carbocycles. The molecule has 0 spiro atoms. The van der Waals surface area contributed by atoms with Gasteiger partial charge >= 0.3 is 0 Å². The van der Waals surface area contributed by atoms with Crippen LogP contribution >= 0.6 is 0 Å². The molecule has 0 amide bonds. The zero-order chi connectivity index (χ0) is 14.2. The zero-order valence-corrected chi connectivity index (χ0v) is 10.1. The smallest absolute Gasteiger partial charge is 0.0661 e. The van der Waals surface area contributed by atoms with Gasteiger partial charge in [-0.25, -0.2) is 0 Å². The van der Waals surface area contributed by atoms with Crippen molar-refractivity contribution in [3.63, 3.8) is 0 Å². The van der Waals surface area contributed by atoms with E-state index in [-0.39, 0.29) is 12.1 Å². The van der Waals surface area contributed by atoms with E-state index >= 15 is 0 Å². The number of pyridine rings is 1. The first-order valence-electron chi connectivity index (χ1n) is 7.14. The lowest BCUT2D eigenvalue weighted by molar-refractivity contribution is 0.856. The highest BCUT2D eigenvalue weighted by Crippen LogP contribution is 2.25. The SMILES string of the molecule is [2H]c1c(C([2H])(C)C)cnc(C2=CC=C(C)CC2)c1[2H]. The van der Waals surface area contributed by atoms with Gasteiger partial charge in [0.2, 0.25) is 0 Å². The molecule has 0 fully saturated rings. The van der Waals surface area contributed by atoms with Gasteiger partial charge in [-0.2, -0.15) is 0 Å². The fourth-order valence-corrected chi connectivity index (χ4v) is 1.68. The summed E-state index contributed by atoms with van der Waals surface area (Å²) in [7, 11) is 0. The summed E-state index contributed by atoms with van der Waals surface area (Å²) in [4.78, 5) is 4.33. The Balaban J connectivity index is 2.48. The van der Waals surface area contributed by atoms with Gasteiger partial charge < -0.3 is 0 Å². The van der Waals surface area contributed by atoms with Crippen LogP contribution in [0, 0.1) is 0 Å². The van der Waals surface area contributed by atoms with Crippen molar-refractivity contribution >= 4 is 5.57 Å². The Kier molecular flexibility index (Phi) is 2.27. The highest BCUT2D eigenvalue weighted by Gasteiger charge is 2.07. The van der Waals surface area contributed by atoms with Crippen LogP contribution in [0.15, 0.2) is 36.0 Å². The van der Waals surface area contributed by atoms with E-state index in [2.05, 4.69) is 11.9 Å². The first-order valence-corrected chi connectivity index (χ1v) is 5.64. The Morgan fingerprint density at radius 1 is 1.31 bits per heavy atom. The molecule has 0 aromatic carbocycles. The average Bonchev–Trinajstić information content (AvgIpc) is 2.32. The molecule has 1 aromatic heterocycles. The van der Waals surface area contributed by atoms with Crippen molar-refractivity contribution in [1.29, 1.82) is 0 Å². The number of nitrogens with zero attached hydrogens (tertiary/aromatic N) is 1. The van der Waals surface area contributed by atoms with E-state index in [0.717, 1.165) is 18.4 Å². The number of rotatable bonds is 2. The monoisotopic (exact) mass is 216 g/mol. The predicted octanol–water partition coefficient (Wildman–Crippen LogP) is 4.33. The van der Waals surface area contributed by atoms with E-state index in [1.807, 2.05) is 12.2 Å². The first kappa shape index (κ1) is 7.83. The Hall–Kier alpha value is -1.37. The van der Waals surface area contributed by atoms with Gasteiger partial charge in [0.15, 0.2) is 0 Å². The molecule has 1 nitrogen and oxygen atoms in total. The lowest BCUT2D eigenvalue weighted by Gasteiger charge is -2.12. The molecule has 0 atom stereocenters. The third kappa shape index (κ3) is 2.41. The molecular formula is C15H19N. The van der Waals surface area contributed by atoms with Crippen LogP contribution in [0.5, 0.6) is 0 Å². The fourth-order valence-electron chi connectivity index (χ4n) is 1.68. The Bertz CT molecular complexity index is 565. The van der Waals surface area contributed by atoms with E-state index in [0.29, 0.717) is 11.3 Å². The Morgan fingerprint density at radius 3 is 2.75 bits per heavy atom. The standard InChI is InChI=1S/C15H19N/c1-11(2)14-8-9-15(16-10-14)13-6-4-12(3)5-7-13/h4,6,8-11H,5,7H2,1-3H3/i8D,9D,11D. The van der Waals surface area contributed by atoms with Gasteiger partial charge in [-0.15, -0.1) is 0 Å². The second kappa shape index (κ2) is 4.65. The van der Waals surface area contributed by atoms with Crippen molar-refractivity contribution in [2.24, 2.45) is 0 Å². The van der Waals surface area contributed by atoms with E-state index < -0.39 is 5.89 Å². The molecule has 1 heterocycles. The third-order valence-corrected chi connectivity index (χ3v) is 2.84. The van der Waals surface area contributed by atoms with Crippen LogP contribution in [0.25, 0.3) is 5.57 Å². The summed E-state index contributed by atoms with van der Waals surface area (Å²) in [5.74, 6) is -0.893. The summed E-state index contributed by atoms with van der Waals surface area (Å²) < 4.78 is 24.2. The molecule has 1 aliphatic rings. The van der Waals surface area contributed by atoms with Crippen LogP contribution in [0.1, 0.15) is 54.9 Å². The van der Waals surface area contributed by atoms with Crippen LogP contribution < -0.4 is 0 Å². The van der Waals surface area contributed by atoms with Gasteiger partial charge in [0, 0.05) is 7.57 Å². The second-order valence-electron chi connectivity index (χ2n) is 4.48. The molecular weight excluding hydrogens is 194 g/mol. The topological polar surface area (TPSA) is 12.9 Å². The van der Waals surface area contributed by atoms with Crippen LogP contribution in [0.3, 0.4) is 0 Å². The fraction of sp³-hybridized carbons (Fsp3) is 0.400. The van der Waals surface area contributed by atoms with Gasteiger partial charge in [0.05, 0.1) is 8.44 Å². The van der Waals surface area contributed by atoms with Crippen molar-refractivity contribution in [3.8, 4) is 0 Å². The number of hydrogen-bond donors (Lipinski definition) is 0. The number of hydrogen-bond acceptors (Lipinski definition) is 1. The molecule has 2 rings (SSSR count). The number of aromatic nitrogens is 1. The number of allylic oxidation sites excluding steroid dienone is 4. The predicted molar refractivity (Wildman–Crippen MR) is 69.3 cm³/mol. The summed E-state index contributed by atoms with van der Waals surface area (Å²) in [6, 6.07) is 0.259. The van der Waals surface area contributed by atoms with Crippen molar-refractivity contribution in [3.05, 3.63) is 47.3 Å². The van der Waals surface area contributed by atoms with Crippen LogP contribution in [0.2, 0.25) is 0 Å². The molecule has 1 aromatic rings. The van der Waals surface area contributed by atoms with Crippen LogP contribution in [0.4, 0.5) is 0 Å². The second-order valence-corrected chi connectivity index (χ2v) is 4.48. The molecule has 0 radical (unpaired) electrons. The van der Waals surface area contributed by atoms with Gasteiger partial charge in [-0.05, 0) is 42.8 Å². The normalized spacial score (nSPS) is 19.3. The Morgan fingerprint density at radius 2 is 2.12 bits per heavy atom. The maximum atomic E-state index is 8.11. The molecule has 0 saturated heterocycles. The molecule has 1 heteroatoms. The molecule has 0 N–H and O–H groups in total. The van der Waals surface area contributed by atoms with Gasteiger partial charge in [-0.3, -0.25) is 4.98 Å². The third-order valence-electron chi connectivity index (χ3n) is 2.84. The van der Waals surface area contributed by atoms with E-state index in [1.54, 1.807) is 20.0 Å². The summed E-state index contributed by atoms with van der Waals surface area (Å²) >= 11 is 0. The minimum atomic E-state index is -0.893. The minimum Gasteiger partial charge on any atom is -0.256 e. The largest absolute Gasteiger partial charge is 0.256 e. The average molecular weight is 216 g/mol. The van der Waals surface area contributed by atoms with E-state index in [1.165, 1.54) is 5.57 Å². The zero-order valence-electron chi connectivity index (χ0n) is 13.1. The summed E-state index contributed by atoms with van der Waals surface area (Å²) in [6.07, 6.45) is 7.46. The van der Waals surface area contributed by atoms with Gasteiger partial charge in [0.25, 0.3) is 0 Å². The molecule has 84 valence electrons. The Labute approximate surface area is 102 Å². The van der Waals surface area contributed by atoms with E-state index in [4.69, 9.17) is 4.11 Å². The first-order chi connectivity index (χ1) is 8.80. The maximum Gasteiger partial charge on any atom is 0.0661 e.